The second kappa shape index (κ2) is 18.9. The lowest BCUT2D eigenvalue weighted by Gasteiger charge is -2.36. The summed E-state index contributed by atoms with van der Waals surface area (Å²) < 4.78 is 19.9. The number of anilines is 1. The highest BCUT2D eigenvalue weighted by Crippen LogP contribution is 2.43. The Balaban J connectivity index is 1.23. The van der Waals surface area contributed by atoms with Gasteiger partial charge in [0, 0.05) is 97.3 Å². The summed E-state index contributed by atoms with van der Waals surface area (Å²) in [6, 6.07) is 11.7. The number of pyridine rings is 1. The number of nitrogens with zero attached hydrogens (tertiary/aromatic N) is 7. The van der Waals surface area contributed by atoms with E-state index >= 15 is 0 Å². The molecule has 6 bridgehead atoms. The molecule has 2 aromatic carbocycles. The van der Waals surface area contributed by atoms with Gasteiger partial charge in [0.2, 0.25) is 0 Å². The van der Waals surface area contributed by atoms with Crippen LogP contribution in [0.25, 0.3) is 33.4 Å². The number of carbonyl (C=O) groups is 3. The minimum absolute atomic E-state index is 0.0602. The maximum Gasteiger partial charge on any atom is 0.413 e. The fourth-order valence-electron chi connectivity index (χ4n) is 8.98. The van der Waals surface area contributed by atoms with Crippen LogP contribution in [0.3, 0.4) is 0 Å². The molecule has 3 aromatic heterocycles. The summed E-state index contributed by atoms with van der Waals surface area (Å²) in [6.45, 7) is 14.9. The van der Waals surface area contributed by atoms with Crippen molar-refractivity contribution in [3.05, 3.63) is 86.5 Å². The van der Waals surface area contributed by atoms with Crippen molar-refractivity contribution in [3.63, 3.8) is 0 Å². The van der Waals surface area contributed by atoms with Gasteiger partial charge in [0.05, 0.1) is 51.6 Å². The number of rotatable bonds is 8. The highest BCUT2D eigenvalue weighted by atomic mass is 32.1. The van der Waals surface area contributed by atoms with Gasteiger partial charge in [-0.15, -0.1) is 11.3 Å². The average molecular weight is 908 g/mol. The highest BCUT2D eigenvalue weighted by molar-refractivity contribution is 7.10. The lowest BCUT2D eigenvalue weighted by Crippen LogP contribution is -2.61. The zero-order chi connectivity index (χ0) is 46.2. The summed E-state index contributed by atoms with van der Waals surface area (Å²) >= 11 is 1.38. The highest BCUT2D eigenvalue weighted by Gasteiger charge is 2.39. The average Bonchev–Trinajstić information content (AvgIpc) is 3.92. The first kappa shape index (κ1) is 45.6. The molecule has 5 aromatic rings. The number of fused-ring (bicyclic) bond motifs is 6. The zero-order valence-electron chi connectivity index (χ0n) is 38.0. The predicted octanol–water partition coefficient (Wildman–Crippen LogP) is 7.10. The number of amides is 2. The number of ether oxygens (including phenoxy) is 3. The smallest absolute Gasteiger partial charge is 0.413 e. The Morgan fingerprint density at radius 3 is 2.57 bits per heavy atom. The van der Waals surface area contributed by atoms with Gasteiger partial charge >= 0.3 is 12.1 Å². The molecule has 0 spiro atoms. The Hall–Kier alpha value is -5.95. The standard InChI is InChI=1S/C47H57N9O8S/c1-8-54-39-16-11-30-22-34(39)36(42(54)35-23-32(25-48-41(35)29(3)62-7)53-20-18-52(6)19-21-53)24-47(4,5)27-63-45(58)37-10-9-17-55(51-37)44(57)40(28(2)43-49-38(30)26-65-43)50-46(59)64-33-14-12-31(13-15-33)56(60)61/h11-16,22-23,25-26,28-29,37,40,51H,8-10,17-21,24,27H2,1-7H3,(H,50,59)/t28-,29-,37-,40-/m0/s1. The third-order valence-electron chi connectivity index (χ3n) is 12.8. The molecule has 0 radical (unpaired) electrons. The molecule has 2 fully saturated rings. The number of aromatic nitrogens is 3. The monoisotopic (exact) mass is 907 g/mol. The summed E-state index contributed by atoms with van der Waals surface area (Å²) in [5.74, 6) is -1.55. The molecule has 6 heterocycles. The number of piperazine rings is 1. The molecule has 344 valence electrons. The Morgan fingerprint density at radius 2 is 1.86 bits per heavy atom. The summed E-state index contributed by atoms with van der Waals surface area (Å²) in [7, 11) is 3.85. The molecule has 2 N–H and O–H groups in total. The van der Waals surface area contributed by atoms with E-state index in [9.17, 15) is 24.5 Å². The van der Waals surface area contributed by atoms with Crippen molar-refractivity contribution in [1.82, 2.24) is 35.2 Å². The maximum atomic E-state index is 14.4. The van der Waals surface area contributed by atoms with Crippen LogP contribution in [0.4, 0.5) is 16.2 Å². The van der Waals surface area contributed by atoms with Gasteiger partial charge in [-0.2, -0.15) is 0 Å². The van der Waals surface area contributed by atoms with Crippen LogP contribution in [-0.4, -0.2) is 113 Å². The summed E-state index contributed by atoms with van der Waals surface area (Å²) in [4.78, 5) is 67.4. The second-order valence-corrected chi connectivity index (χ2v) is 18.9. The second-order valence-electron chi connectivity index (χ2n) is 18.0. The number of benzene rings is 2. The van der Waals surface area contributed by atoms with E-state index < -0.39 is 46.3 Å². The molecule has 65 heavy (non-hydrogen) atoms. The summed E-state index contributed by atoms with van der Waals surface area (Å²) in [5.41, 5.74) is 10.1. The number of carbonyl (C=O) groups excluding carboxylic acids is 3. The number of aryl methyl sites for hydroxylation is 1. The number of nitro benzene ring substituents is 1. The number of nitro groups is 1. The van der Waals surface area contributed by atoms with Gasteiger partial charge in [-0.3, -0.25) is 29.7 Å². The zero-order valence-corrected chi connectivity index (χ0v) is 38.8. The number of likely N-dealkylation sites (N-methyl/N-ethyl adjacent to an activating group) is 1. The molecule has 0 saturated carbocycles. The number of methoxy groups -OCH3 is 1. The van der Waals surface area contributed by atoms with Crippen LogP contribution in [0.5, 0.6) is 5.75 Å². The van der Waals surface area contributed by atoms with Gasteiger partial charge < -0.3 is 33.9 Å². The van der Waals surface area contributed by atoms with Crippen molar-refractivity contribution in [1.29, 1.82) is 0 Å². The number of hydrazine groups is 1. The maximum absolute atomic E-state index is 14.4. The molecule has 3 aliphatic rings. The van der Waals surface area contributed by atoms with Crippen LogP contribution in [0.2, 0.25) is 0 Å². The molecular formula is C47H57N9O8S. The van der Waals surface area contributed by atoms with E-state index in [2.05, 4.69) is 77.2 Å². The Kier molecular flexibility index (Phi) is 13.2. The topological polar surface area (TPSA) is 187 Å². The first-order chi connectivity index (χ1) is 31.1. The van der Waals surface area contributed by atoms with Gasteiger partial charge in [-0.1, -0.05) is 26.8 Å². The third-order valence-corrected chi connectivity index (χ3v) is 13.8. The van der Waals surface area contributed by atoms with E-state index in [0.29, 0.717) is 36.5 Å². The lowest BCUT2D eigenvalue weighted by molar-refractivity contribution is -0.384. The molecule has 2 amide bonds. The van der Waals surface area contributed by atoms with E-state index in [1.54, 1.807) is 7.11 Å². The molecule has 4 atom stereocenters. The largest absolute Gasteiger partial charge is 0.464 e. The van der Waals surface area contributed by atoms with Gasteiger partial charge in [0.15, 0.2) is 0 Å². The number of cyclic esters (lactones) is 1. The molecule has 2 saturated heterocycles. The van der Waals surface area contributed by atoms with E-state index in [-0.39, 0.29) is 30.7 Å². The number of hydrogen-bond donors (Lipinski definition) is 2. The summed E-state index contributed by atoms with van der Waals surface area (Å²) in [5, 5.41) is 18.9. The van der Waals surface area contributed by atoms with Crippen LogP contribution in [0, 0.1) is 15.5 Å². The predicted molar refractivity (Wildman–Crippen MR) is 248 cm³/mol. The fraction of sp³-hybridized carbons (Fsp3) is 0.468. The van der Waals surface area contributed by atoms with Crippen molar-refractivity contribution >= 4 is 51.6 Å². The SMILES string of the molecule is CCn1c(-c2cc(N3CCN(C)CC3)cnc2[C@H](C)OC)c2c3cc(ccc31)-c1csc(n1)[C@@H](C)[C@H](NC(=O)Oc1ccc([N+](=O)[O-])cc1)C(=O)N1CCC[C@H](N1)C(=O)OCC(C)(C)C2. The van der Waals surface area contributed by atoms with Crippen LogP contribution in [-0.2, 0) is 32.0 Å². The number of non-ortho nitro benzene ring substituents is 1. The van der Waals surface area contributed by atoms with E-state index in [4.69, 9.17) is 24.2 Å². The minimum Gasteiger partial charge on any atom is -0.464 e. The Morgan fingerprint density at radius 1 is 1.11 bits per heavy atom. The molecule has 0 unspecified atom stereocenters. The summed E-state index contributed by atoms with van der Waals surface area (Å²) in [6.07, 6.45) is 2.27. The molecule has 3 aliphatic heterocycles. The van der Waals surface area contributed by atoms with Crippen molar-refractivity contribution in [3.8, 4) is 28.3 Å². The molecular weight excluding hydrogens is 851 g/mol. The first-order valence-corrected chi connectivity index (χ1v) is 23.1. The molecule has 0 aliphatic carbocycles. The van der Waals surface area contributed by atoms with Gasteiger partial charge in [-0.25, -0.2) is 15.2 Å². The first-order valence-electron chi connectivity index (χ1n) is 22.2. The number of thiazole rings is 1. The minimum atomic E-state index is -1.17. The molecule has 17 nitrogen and oxygen atoms in total. The van der Waals surface area contributed by atoms with Crippen molar-refractivity contribution in [2.75, 3.05) is 58.4 Å². The number of esters is 1. The van der Waals surface area contributed by atoms with Crippen LogP contribution in [0.15, 0.2) is 60.1 Å². The fourth-order valence-corrected chi connectivity index (χ4v) is 9.90. The van der Waals surface area contributed by atoms with E-state index in [0.717, 1.165) is 70.8 Å². The van der Waals surface area contributed by atoms with Gasteiger partial charge in [-0.05, 0) is 76.1 Å². The van der Waals surface area contributed by atoms with Crippen molar-refractivity contribution < 1.29 is 33.5 Å². The Bertz CT molecular complexity index is 2590. The number of nitrogens with one attached hydrogen (secondary N) is 2. The third kappa shape index (κ3) is 9.57. The normalized spacial score (nSPS) is 21.1. The van der Waals surface area contributed by atoms with Gasteiger partial charge in [0.1, 0.15) is 17.8 Å². The Labute approximate surface area is 382 Å². The van der Waals surface area contributed by atoms with Crippen LogP contribution < -0.4 is 20.4 Å². The quantitative estimate of drug-likeness (QED) is 0.0914. The molecule has 18 heteroatoms. The number of hydrogen-bond acceptors (Lipinski definition) is 14. The molecule has 8 rings (SSSR count). The van der Waals surface area contributed by atoms with E-state index in [1.165, 1.54) is 40.6 Å². The van der Waals surface area contributed by atoms with Gasteiger partial charge in [0.25, 0.3) is 11.6 Å². The van der Waals surface area contributed by atoms with Crippen LogP contribution in [0.1, 0.15) is 75.7 Å². The van der Waals surface area contributed by atoms with Crippen molar-refractivity contribution in [2.24, 2.45) is 5.41 Å². The van der Waals surface area contributed by atoms with E-state index in [1.807, 2.05) is 25.4 Å². The van der Waals surface area contributed by atoms with Crippen LogP contribution >= 0.6 is 11.3 Å². The lowest BCUT2D eigenvalue weighted by atomic mass is 9.84. The van der Waals surface area contributed by atoms with Crippen molar-refractivity contribution in [2.45, 2.75) is 84.5 Å².